The molecule has 8 nitrogen and oxygen atoms in total. The fourth-order valence-electron chi connectivity index (χ4n) is 2.37. The van der Waals surface area contributed by atoms with Crippen molar-refractivity contribution in [2.24, 2.45) is 0 Å². The van der Waals surface area contributed by atoms with Crippen molar-refractivity contribution < 1.29 is 22.8 Å². The van der Waals surface area contributed by atoms with Gasteiger partial charge in [-0.05, 0) is 30.7 Å². The molecule has 0 saturated heterocycles. The SMILES string of the molecule is C/C=C/CN(C)c1ncnc(SCc2ccc(OC(F)(F)F)cc2)c1NC.C=CC[N+](=O)[O-].CC. The minimum absolute atomic E-state index is 0.139. The van der Waals surface area contributed by atoms with E-state index in [9.17, 15) is 23.3 Å². The third kappa shape index (κ3) is 13.3. The number of likely N-dealkylation sites (N-methyl/N-ethyl adjacent to an activating group) is 1. The Morgan fingerprint density at radius 3 is 2.34 bits per heavy atom. The average molecular weight is 516 g/mol. The molecular formula is C23H32F3N5O3S. The van der Waals surface area contributed by atoms with Gasteiger partial charge in [-0.3, -0.25) is 10.1 Å². The molecule has 0 spiro atoms. The van der Waals surface area contributed by atoms with Crippen molar-refractivity contribution in [3.63, 3.8) is 0 Å². The van der Waals surface area contributed by atoms with Crippen LogP contribution in [0.5, 0.6) is 5.75 Å². The van der Waals surface area contributed by atoms with Gasteiger partial charge in [-0.25, -0.2) is 9.97 Å². The lowest BCUT2D eigenvalue weighted by atomic mass is 10.2. The molecule has 0 fully saturated rings. The van der Waals surface area contributed by atoms with Gasteiger partial charge in [0.1, 0.15) is 22.8 Å². The Kier molecular flexibility index (Phi) is 15.6. The summed E-state index contributed by atoms with van der Waals surface area (Å²) in [6, 6.07) is 5.82. The quantitative estimate of drug-likeness (QED) is 0.131. The summed E-state index contributed by atoms with van der Waals surface area (Å²) < 4.78 is 40.5. The normalized spacial score (nSPS) is 10.4. The maximum Gasteiger partial charge on any atom is 0.573 e. The molecule has 0 atom stereocenters. The summed E-state index contributed by atoms with van der Waals surface area (Å²) in [6.07, 6.45) is 2.07. The second kappa shape index (κ2) is 17.2. The highest BCUT2D eigenvalue weighted by molar-refractivity contribution is 7.98. The fraction of sp³-hybridized carbons (Fsp3) is 0.391. The summed E-state index contributed by atoms with van der Waals surface area (Å²) >= 11 is 1.48. The predicted molar refractivity (Wildman–Crippen MR) is 136 cm³/mol. The van der Waals surface area contributed by atoms with Crippen LogP contribution in [0.1, 0.15) is 26.3 Å². The molecule has 0 saturated carbocycles. The molecule has 0 radical (unpaired) electrons. The van der Waals surface area contributed by atoms with Gasteiger partial charge in [-0.1, -0.05) is 56.5 Å². The first kappa shape index (κ1) is 31.7. The first-order valence-corrected chi connectivity index (χ1v) is 11.6. The number of aromatic nitrogens is 2. The first-order chi connectivity index (χ1) is 16.6. The number of nitrogens with zero attached hydrogens (tertiary/aromatic N) is 4. The van der Waals surface area contributed by atoms with E-state index in [4.69, 9.17) is 0 Å². The number of nitro groups is 1. The van der Waals surface area contributed by atoms with Crippen molar-refractivity contribution in [1.29, 1.82) is 0 Å². The number of nitrogens with one attached hydrogen (secondary N) is 1. The second-order valence-corrected chi connectivity index (χ2v) is 7.33. The number of benzene rings is 1. The number of alkyl halides is 3. The number of rotatable bonds is 10. The van der Waals surface area contributed by atoms with Crippen LogP contribution in [-0.4, -0.2) is 48.4 Å². The van der Waals surface area contributed by atoms with E-state index in [1.807, 2.05) is 44.9 Å². The van der Waals surface area contributed by atoms with Gasteiger partial charge >= 0.3 is 6.36 Å². The van der Waals surface area contributed by atoms with Gasteiger partial charge in [-0.15, -0.1) is 13.2 Å². The third-order valence-electron chi connectivity index (χ3n) is 3.83. The Balaban J connectivity index is 0.00000126. The Labute approximate surface area is 208 Å². The highest BCUT2D eigenvalue weighted by atomic mass is 32.2. The number of anilines is 2. The molecule has 0 bridgehead atoms. The van der Waals surface area contributed by atoms with Crippen molar-refractivity contribution >= 4 is 23.3 Å². The van der Waals surface area contributed by atoms with Crippen LogP contribution >= 0.6 is 11.8 Å². The maximum absolute atomic E-state index is 12.2. The molecule has 2 rings (SSSR count). The van der Waals surface area contributed by atoms with E-state index in [0.29, 0.717) is 12.3 Å². The van der Waals surface area contributed by atoms with Crippen molar-refractivity contribution in [1.82, 2.24) is 9.97 Å². The summed E-state index contributed by atoms with van der Waals surface area (Å²) in [5.74, 6) is 1.10. The number of hydrogen-bond acceptors (Lipinski definition) is 8. The molecule has 0 aliphatic rings. The van der Waals surface area contributed by atoms with Crippen LogP contribution in [0.25, 0.3) is 0 Å². The van der Waals surface area contributed by atoms with Gasteiger partial charge in [0.2, 0.25) is 6.54 Å². The molecule has 0 aliphatic heterocycles. The first-order valence-electron chi connectivity index (χ1n) is 10.7. The van der Waals surface area contributed by atoms with Gasteiger partial charge in [0, 0.05) is 31.3 Å². The summed E-state index contributed by atoms with van der Waals surface area (Å²) in [7, 11) is 3.75. The Hall–Kier alpha value is -3.28. The zero-order chi connectivity index (χ0) is 26.9. The van der Waals surface area contributed by atoms with Crippen LogP contribution in [0.15, 0.2) is 60.4 Å². The van der Waals surface area contributed by atoms with E-state index < -0.39 is 11.3 Å². The van der Waals surface area contributed by atoms with Gasteiger partial charge in [0.15, 0.2) is 5.82 Å². The number of ether oxygens (including phenoxy) is 1. The summed E-state index contributed by atoms with van der Waals surface area (Å²) in [5.41, 5.74) is 1.67. The van der Waals surface area contributed by atoms with E-state index in [0.717, 1.165) is 22.1 Å². The average Bonchev–Trinajstić information content (AvgIpc) is 2.82. The van der Waals surface area contributed by atoms with Crippen molar-refractivity contribution in [3.8, 4) is 5.75 Å². The van der Waals surface area contributed by atoms with Crippen LogP contribution in [0.4, 0.5) is 24.7 Å². The van der Waals surface area contributed by atoms with Crippen molar-refractivity contribution in [2.75, 3.05) is 37.4 Å². The summed E-state index contributed by atoms with van der Waals surface area (Å²) in [5, 5.41) is 13.2. The number of allylic oxidation sites excluding steroid dienone is 1. The standard InChI is InChI=1S/C18H21F3N4OS.C3H5NO2.C2H6/c1-4-5-10-25(3)16-15(22-2)17(24-12-23-16)27-11-13-6-8-14(9-7-13)26-18(19,20)21;1-2-3-4(5)6;1-2/h4-9,12,22H,10-11H2,1-3H3;2H,1,3H2;1-2H3/b5-4+;;. The lowest BCUT2D eigenvalue weighted by molar-refractivity contribution is -0.468. The lowest BCUT2D eigenvalue weighted by Crippen LogP contribution is -2.20. The molecule has 0 amide bonds. The molecule has 194 valence electrons. The monoisotopic (exact) mass is 515 g/mol. The van der Waals surface area contributed by atoms with Crippen LogP contribution in [0, 0.1) is 10.1 Å². The second-order valence-electron chi connectivity index (χ2n) is 6.36. The Morgan fingerprint density at radius 2 is 1.89 bits per heavy atom. The van der Waals surface area contributed by atoms with Crippen molar-refractivity contribution in [2.45, 2.75) is 37.9 Å². The largest absolute Gasteiger partial charge is 0.573 e. The molecule has 1 N–H and O–H groups in total. The van der Waals surface area contributed by atoms with Gasteiger partial charge in [0.25, 0.3) is 0 Å². The molecule has 1 aromatic heterocycles. The molecular weight excluding hydrogens is 483 g/mol. The van der Waals surface area contributed by atoms with E-state index in [-0.39, 0.29) is 12.3 Å². The van der Waals surface area contributed by atoms with E-state index in [2.05, 4.69) is 26.6 Å². The molecule has 2 aromatic rings. The minimum atomic E-state index is -4.69. The molecule has 0 unspecified atom stereocenters. The molecule has 12 heteroatoms. The molecule has 1 heterocycles. The summed E-state index contributed by atoms with van der Waals surface area (Å²) in [6.45, 7) is 9.69. The topological polar surface area (TPSA) is 93.4 Å². The predicted octanol–water partition coefficient (Wildman–Crippen LogP) is 6.20. The Morgan fingerprint density at radius 1 is 1.26 bits per heavy atom. The zero-order valence-corrected chi connectivity index (χ0v) is 21.3. The minimum Gasteiger partial charge on any atom is -0.406 e. The Bertz CT molecular complexity index is 926. The van der Waals surface area contributed by atoms with E-state index >= 15 is 0 Å². The summed E-state index contributed by atoms with van der Waals surface area (Å²) in [4.78, 5) is 19.6. The highest BCUT2D eigenvalue weighted by Gasteiger charge is 2.30. The number of hydrogen-bond donors (Lipinski definition) is 1. The maximum atomic E-state index is 12.2. The zero-order valence-electron chi connectivity index (χ0n) is 20.5. The smallest absolute Gasteiger partial charge is 0.406 e. The van der Waals surface area contributed by atoms with Crippen LogP contribution < -0.4 is 15.0 Å². The van der Waals surface area contributed by atoms with E-state index in [1.165, 1.54) is 36.3 Å². The van der Waals surface area contributed by atoms with Gasteiger partial charge < -0.3 is 15.0 Å². The number of thioether (sulfide) groups is 1. The van der Waals surface area contributed by atoms with Crippen LogP contribution in [-0.2, 0) is 5.75 Å². The molecule has 0 aliphatic carbocycles. The van der Waals surface area contributed by atoms with Crippen LogP contribution in [0.3, 0.4) is 0 Å². The molecule has 35 heavy (non-hydrogen) atoms. The van der Waals surface area contributed by atoms with Crippen molar-refractivity contribution in [3.05, 3.63) is 71.1 Å². The highest BCUT2D eigenvalue weighted by Crippen LogP contribution is 2.33. The number of halogens is 3. The van der Waals surface area contributed by atoms with Gasteiger partial charge in [0.05, 0.1) is 0 Å². The third-order valence-corrected chi connectivity index (χ3v) is 4.89. The van der Waals surface area contributed by atoms with Gasteiger partial charge in [-0.2, -0.15) is 0 Å². The van der Waals surface area contributed by atoms with Crippen LogP contribution in [0.2, 0.25) is 0 Å². The van der Waals surface area contributed by atoms with E-state index in [1.54, 1.807) is 19.2 Å². The lowest BCUT2D eigenvalue weighted by Gasteiger charge is -2.20. The fourth-order valence-corrected chi connectivity index (χ4v) is 3.33. The molecule has 1 aromatic carbocycles.